The van der Waals surface area contributed by atoms with E-state index in [9.17, 15) is 4.79 Å². The Hall–Kier alpha value is -1.87. The predicted octanol–water partition coefficient (Wildman–Crippen LogP) is 3.14. The molecule has 2 aromatic rings. The molecule has 20 heavy (non-hydrogen) atoms. The summed E-state index contributed by atoms with van der Waals surface area (Å²) in [6.45, 7) is 0.681. The van der Waals surface area contributed by atoms with Crippen molar-refractivity contribution in [2.24, 2.45) is 0 Å². The Kier molecular flexibility index (Phi) is 5.13. The fraction of sp³-hybridized carbons (Fsp3) is 0.250. The van der Waals surface area contributed by atoms with Crippen molar-refractivity contribution in [2.75, 3.05) is 13.6 Å². The molecule has 1 heterocycles. The number of nitrogens with zero attached hydrogens (tertiary/aromatic N) is 2. The van der Waals surface area contributed by atoms with E-state index < -0.39 is 0 Å². The number of carbonyl (C=O) groups excluding carboxylic acids is 1. The van der Waals surface area contributed by atoms with Crippen LogP contribution >= 0.6 is 11.6 Å². The fourth-order valence-electron chi connectivity index (χ4n) is 1.90. The Morgan fingerprint density at radius 3 is 2.35 bits per heavy atom. The van der Waals surface area contributed by atoms with E-state index in [1.807, 2.05) is 43.4 Å². The summed E-state index contributed by atoms with van der Waals surface area (Å²) in [7, 11) is 1.82. The molecule has 1 aromatic heterocycles. The smallest absolute Gasteiger partial charge is 0.253 e. The number of rotatable bonds is 5. The third kappa shape index (κ3) is 3.81. The van der Waals surface area contributed by atoms with Crippen molar-refractivity contribution < 1.29 is 4.79 Å². The summed E-state index contributed by atoms with van der Waals surface area (Å²) >= 11 is 5.74. The molecule has 0 aliphatic rings. The second kappa shape index (κ2) is 7.06. The van der Waals surface area contributed by atoms with Gasteiger partial charge in [0.25, 0.3) is 5.91 Å². The molecule has 0 saturated heterocycles. The lowest BCUT2D eigenvalue weighted by Crippen LogP contribution is -2.28. The normalized spacial score (nSPS) is 10.3. The molecule has 0 aliphatic carbocycles. The average Bonchev–Trinajstić information content (AvgIpc) is 2.53. The third-order valence-electron chi connectivity index (χ3n) is 3.19. The van der Waals surface area contributed by atoms with Crippen molar-refractivity contribution in [2.45, 2.75) is 12.3 Å². The monoisotopic (exact) mass is 288 g/mol. The summed E-state index contributed by atoms with van der Waals surface area (Å²) in [5.41, 5.74) is 2.89. The van der Waals surface area contributed by atoms with Crippen LogP contribution in [0.25, 0.3) is 0 Å². The van der Waals surface area contributed by atoms with Gasteiger partial charge in [-0.2, -0.15) is 0 Å². The zero-order valence-corrected chi connectivity index (χ0v) is 12.2. The van der Waals surface area contributed by atoms with E-state index in [1.165, 1.54) is 5.56 Å². The third-order valence-corrected chi connectivity index (χ3v) is 3.50. The first-order valence-corrected chi connectivity index (χ1v) is 7.03. The molecule has 4 heteroatoms. The number of benzene rings is 1. The Balaban J connectivity index is 1.94. The minimum Gasteiger partial charge on any atom is -0.341 e. The van der Waals surface area contributed by atoms with Crippen LogP contribution in [0.15, 0.2) is 48.8 Å². The highest BCUT2D eigenvalue weighted by atomic mass is 35.5. The molecule has 104 valence electrons. The summed E-state index contributed by atoms with van der Waals surface area (Å²) in [4.78, 5) is 18.0. The maximum Gasteiger partial charge on any atom is 0.253 e. The van der Waals surface area contributed by atoms with Crippen molar-refractivity contribution in [1.82, 2.24) is 9.88 Å². The van der Waals surface area contributed by atoms with Crippen LogP contribution < -0.4 is 0 Å². The van der Waals surface area contributed by atoms with Crippen LogP contribution in [-0.4, -0.2) is 29.4 Å². The molecule has 0 fully saturated rings. The van der Waals surface area contributed by atoms with Crippen LogP contribution in [0.1, 0.15) is 21.5 Å². The van der Waals surface area contributed by atoms with Gasteiger partial charge < -0.3 is 4.90 Å². The van der Waals surface area contributed by atoms with Gasteiger partial charge in [-0.15, -0.1) is 11.6 Å². The lowest BCUT2D eigenvalue weighted by atomic mass is 10.1. The van der Waals surface area contributed by atoms with Crippen LogP contribution in [0.4, 0.5) is 0 Å². The number of hydrogen-bond acceptors (Lipinski definition) is 2. The quantitative estimate of drug-likeness (QED) is 0.792. The highest BCUT2D eigenvalue weighted by Gasteiger charge is 2.11. The molecule has 0 bridgehead atoms. The summed E-state index contributed by atoms with van der Waals surface area (Å²) in [5, 5.41) is 0. The number of alkyl halides is 1. The number of aromatic nitrogens is 1. The van der Waals surface area contributed by atoms with Crippen LogP contribution in [0.5, 0.6) is 0 Å². The van der Waals surface area contributed by atoms with Crippen molar-refractivity contribution in [3.8, 4) is 0 Å². The molecule has 0 radical (unpaired) electrons. The molecule has 0 N–H and O–H groups in total. The van der Waals surface area contributed by atoms with E-state index in [0.717, 1.165) is 12.0 Å². The fourth-order valence-corrected chi connectivity index (χ4v) is 2.08. The van der Waals surface area contributed by atoms with Crippen LogP contribution in [0, 0.1) is 0 Å². The first-order chi connectivity index (χ1) is 9.70. The minimum absolute atomic E-state index is 0.0279. The second-order valence-corrected chi connectivity index (χ2v) is 4.93. The van der Waals surface area contributed by atoms with Gasteiger partial charge in [0, 0.05) is 37.4 Å². The SMILES string of the molecule is CN(CCc1ccncc1)C(=O)c1ccc(CCl)cc1. The number of likely N-dealkylation sites (N-methyl/N-ethyl adjacent to an activating group) is 1. The molecule has 0 aliphatic heterocycles. The lowest BCUT2D eigenvalue weighted by molar-refractivity contribution is 0.0796. The van der Waals surface area contributed by atoms with E-state index in [0.29, 0.717) is 18.0 Å². The van der Waals surface area contributed by atoms with Crippen molar-refractivity contribution in [3.63, 3.8) is 0 Å². The van der Waals surface area contributed by atoms with Gasteiger partial charge in [0.2, 0.25) is 0 Å². The number of amides is 1. The zero-order chi connectivity index (χ0) is 14.4. The molecule has 0 unspecified atom stereocenters. The van der Waals surface area contributed by atoms with Gasteiger partial charge in [0.1, 0.15) is 0 Å². The van der Waals surface area contributed by atoms with E-state index in [4.69, 9.17) is 11.6 Å². The van der Waals surface area contributed by atoms with Gasteiger partial charge in [0.05, 0.1) is 0 Å². The van der Waals surface area contributed by atoms with Crippen LogP contribution in [0.2, 0.25) is 0 Å². The van der Waals surface area contributed by atoms with Gasteiger partial charge in [-0.05, 0) is 41.8 Å². The topological polar surface area (TPSA) is 33.2 Å². The van der Waals surface area contributed by atoms with Crippen molar-refractivity contribution >= 4 is 17.5 Å². The molecule has 0 saturated carbocycles. The Bertz CT molecular complexity index is 554. The minimum atomic E-state index is 0.0279. The molecule has 0 atom stereocenters. The standard InChI is InChI=1S/C16H17ClN2O/c1-19(11-8-13-6-9-18-10-7-13)16(20)15-4-2-14(12-17)3-5-15/h2-7,9-10H,8,11-12H2,1H3. The summed E-state index contributed by atoms with van der Waals surface area (Å²) in [6, 6.07) is 11.3. The predicted molar refractivity (Wildman–Crippen MR) is 80.9 cm³/mol. The van der Waals surface area contributed by atoms with Gasteiger partial charge in [0.15, 0.2) is 0 Å². The number of pyridine rings is 1. The second-order valence-electron chi connectivity index (χ2n) is 4.66. The Labute approximate surface area is 124 Å². The summed E-state index contributed by atoms with van der Waals surface area (Å²) in [5.74, 6) is 0.493. The average molecular weight is 289 g/mol. The number of halogens is 1. The molecular weight excluding hydrogens is 272 g/mol. The van der Waals surface area contributed by atoms with Gasteiger partial charge in [-0.25, -0.2) is 0 Å². The molecule has 1 amide bonds. The van der Waals surface area contributed by atoms with Gasteiger partial charge >= 0.3 is 0 Å². The van der Waals surface area contributed by atoms with Crippen LogP contribution in [0.3, 0.4) is 0 Å². The lowest BCUT2D eigenvalue weighted by Gasteiger charge is -2.17. The molecule has 1 aromatic carbocycles. The van der Waals surface area contributed by atoms with E-state index >= 15 is 0 Å². The first kappa shape index (κ1) is 14.5. The number of carbonyl (C=O) groups is 1. The maximum atomic E-state index is 12.2. The van der Waals surface area contributed by atoms with Crippen molar-refractivity contribution in [1.29, 1.82) is 0 Å². The van der Waals surface area contributed by atoms with E-state index in [1.54, 1.807) is 17.3 Å². The largest absolute Gasteiger partial charge is 0.341 e. The summed E-state index contributed by atoms with van der Waals surface area (Å²) in [6.07, 6.45) is 4.36. The Morgan fingerprint density at radius 2 is 1.75 bits per heavy atom. The molecule has 0 spiro atoms. The summed E-state index contributed by atoms with van der Waals surface area (Å²) < 4.78 is 0. The van der Waals surface area contributed by atoms with Gasteiger partial charge in [-0.1, -0.05) is 12.1 Å². The van der Waals surface area contributed by atoms with Crippen molar-refractivity contribution in [3.05, 3.63) is 65.5 Å². The highest BCUT2D eigenvalue weighted by Crippen LogP contribution is 2.09. The Morgan fingerprint density at radius 1 is 1.10 bits per heavy atom. The molecular formula is C16H17ClN2O. The zero-order valence-electron chi connectivity index (χ0n) is 11.4. The van der Waals surface area contributed by atoms with Gasteiger partial charge in [-0.3, -0.25) is 9.78 Å². The van der Waals surface area contributed by atoms with Crippen LogP contribution in [-0.2, 0) is 12.3 Å². The molecule has 2 rings (SSSR count). The molecule has 3 nitrogen and oxygen atoms in total. The van der Waals surface area contributed by atoms with E-state index in [2.05, 4.69) is 4.98 Å². The maximum absolute atomic E-state index is 12.2. The highest BCUT2D eigenvalue weighted by molar-refractivity contribution is 6.17. The first-order valence-electron chi connectivity index (χ1n) is 6.50. The van der Waals surface area contributed by atoms with E-state index in [-0.39, 0.29) is 5.91 Å². The number of hydrogen-bond donors (Lipinski definition) is 0.